The van der Waals surface area contributed by atoms with E-state index >= 15 is 0 Å². The molecule has 5 aromatic rings. The smallest absolute Gasteiger partial charge is 0.336 e. The number of sulfone groups is 1. The quantitative estimate of drug-likeness (QED) is 0.0399. The zero-order valence-electron chi connectivity index (χ0n) is 22.7. The molecular formula is C30H22N2O8S4. The van der Waals surface area contributed by atoms with Gasteiger partial charge in [0.25, 0.3) is 9.84 Å². The lowest BCUT2D eigenvalue weighted by Crippen LogP contribution is -2.31. The van der Waals surface area contributed by atoms with E-state index in [0.29, 0.717) is 11.3 Å². The number of aromatic nitrogens is 2. The molecule has 0 N–H and O–H groups in total. The van der Waals surface area contributed by atoms with Gasteiger partial charge in [0.2, 0.25) is 5.69 Å². The minimum Gasteiger partial charge on any atom is -0.427 e. The second kappa shape index (κ2) is 13.9. The fourth-order valence-corrected chi connectivity index (χ4v) is 7.81. The summed E-state index contributed by atoms with van der Waals surface area (Å²) in [6, 6.07) is 23.0. The molecule has 5 rings (SSSR count). The van der Waals surface area contributed by atoms with E-state index in [9.17, 15) is 23.2 Å². The molecule has 0 aliphatic carbocycles. The Morgan fingerprint density at radius 2 is 1.64 bits per heavy atom. The van der Waals surface area contributed by atoms with Gasteiger partial charge in [0, 0.05) is 29.0 Å². The van der Waals surface area contributed by atoms with Crippen LogP contribution in [0.25, 0.3) is 16.5 Å². The van der Waals surface area contributed by atoms with Crippen LogP contribution in [0.15, 0.2) is 106 Å². The molecule has 224 valence electrons. The molecule has 14 heteroatoms. The summed E-state index contributed by atoms with van der Waals surface area (Å²) in [6.07, 6.45) is 2.97. The molecule has 2 heterocycles. The summed E-state index contributed by atoms with van der Waals surface area (Å²) >= 11 is 5.17. The van der Waals surface area contributed by atoms with Crippen molar-refractivity contribution in [2.24, 2.45) is 0 Å². The van der Waals surface area contributed by atoms with Crippen LogP contribution in [-0.4, -0.2) is 25.5 Å². The maximum absolute atomic E-state index is 12.9. The van der Waals surface area contributed by atoms with Gasteiger partial charge in [-0.1, -0.05) is 63.2 Å². The highest BCUT2D eigenvalue weighted by atomic mass is 32.9. The van der Waals surface area contributed by atoms with Crippen LogP contribution in [0.3, 0.4) is 0 Å². The molecule has 2 aromatic heterocycles. The van der Waals surface area contributed by atoms with Crippen molar-refractivity contribution >= 4 is 60.8 Å². The number of carbonyl (C=O) groups excluding carboxylic acids is 2. The molecule has 44 heavy (non-hydrogen) atoms. The monoisotopic (exact) mass is 666 g/mol. The first kappa shape index (κ1) is 30.9. The van der Waals surface area contributed by atoms with E-state index in [0.717, 1.165) is 14.3 Å². The molecule has 0 aliphatic heterocycles. The van der Waals surface area contributed by atoms with Crippen molar-refractivity contribution in [3.05, 3.63) is 111 Å². The van der Waals surface area contributed by atoms with Crippen molar-refractivity contribution in [1.82, 2.24) is 5.16 Å². The minimum atomic E-state index is -4.16. The largest absolute Gasteiger partial charge is 0.427 e. The molecule has 0 amide bonds. The van der Waals surface area contributed by atoms with Crippen LogP contribution >= 0.6 is 32.9 Å². The third-order valence-corrected chi connectivity index (χ3v) is 10.8. The van der Waals surface area contributed by atoms with Gasteiger partial charge in [-0.15, -0.1) is 0 Å². The van der Waals surface area contributed by atoms with E-state index < -0.39 is 26.8 Å². The predicted molar refractivity (Wildman–Crippen MR) is 166 cm³/mol. The molecule has 0 bridgehead atoms. The number of hydrogen-bond acceptors (Lipinski definition) is 12. The SMILES string of the molecule is O=C(/C=C/c1ccc(OC(=O)CCCc2no[n+]([O-])c2S(=O)(=O)c2ccccc2)cc1)Oc1ccc(-c2cc(=S)ss2)cc1. The van der Waals surface area contributed by atoms with Crippen LogP contribution in [0.1, 0.15) is 24.1 Å². The highest BCUT2D eigenvalue weighted by Gasteiger charge is 2.33. The summed E-state index contributed by atoms with van der Waals surface area (Å²) in [4.78, 5) is 25.5. The summed E-state index contributed by atoms with van der Waals surface area (Å²) in [7, 11) is -1.03. The second-order valence-electron chi connectivity index (χ2n) is 9.17. The fourth-order valence-electron chi connectivity index (χ4n) is 3.99. The van der Waals surface area contributed by atoms with Crippen molar-refractivity contribution in [1.29, 1.82) is 0 Å². The van der Waals surface area contributed by atoms with Crippen molar-refractivity contribution in [2.45, 2.75) is 29.2 Å². The standard InChI is InChI=1S/C30H22N2O8S4/c33-27(8-4-7-25-30(32(35)40-31-25)44(36,37)24-5-2-1-3-6-24)38-22-14-9-20(10-15-22)11-18-28(34)39-23-16-12-21(13-17-23)26-19-29(41)43-42-26/h1-3,5-6,9-19H,4,7-8H2/b18-11+. The van der Waals surface area contributed by atoms with Crippen LogP contribution in [0.4, 0.5) is 0 Å². The lowest BCUT2D eigenvalue weighted by molar-refractivity contribution is -0.832. The average Bonchev–Trinajstić information content (AvgIpc) is 3.63. The number of benzene rings is 3. The third-order valence-electron chi connectivity index (χ3n) is 6.08. The predicted octanol–water partition coefficient (Wildman–Crippen LogP) is 6.21. The van der Waals surface area contributed by atoms with Gasteiger partial charge in [0.15, 0.2) is 0 Å². The van der Waals surface area contributed by atoms with Crippen molar-refractivity contribution in [2.75, 3.05) is 0 Å². The lowest BCUT2D eigenvalue weighted by atomic mass is 10.2. The average molecular weight is 667 g/mol. The van der Waals surface area contributed by atoms with Gasteiger partial charge in [-0.05, 0) is 83.1 Å². The molecule has 0 unspecified atom stereocenters. The van der Waals surface area contributed by atoms with Crippen molar-refractivity contribution in [3.63, 3.8) is 0 Å². The molecular weight excluding hydrogens is 645 g/mol. The van der Waals surface area contributed by atoms with Crippen LogP contribution < -0.4 is 14.4 Å². The summed E-state index contributed by atoms with van der Waals surface area (Å²) in [5.41, 5.74) is 1.60. The Hall–Kier alpha value is -4.50. The number of nitrogens with zero attached hydrogens (tertiary/aromatic N) is 2. The summed E-state index contributed by atoms with van der Waals surface area (Å²) in [5.74, 6) is -0.406. The molecule has 0 saturated heterocycles. The van der Waals surface area contributed by atoms with Crippen molar-refractivity contribution < 1.29 is 37.0 Å². The van der Waals surface area contributed by atoms with Gasteiger partial charge in [-0.25, -0.2) is 13.2 Å². The molecule has 3 aromatic carbocycles. The van der Waals surface area contributed by atoms with Crippen LogP contribution in [-0.2, 0) is 25.8 Å². The number of hydrogen-bond donors (Lipinski definition) is 0. The molecule has 0 spiro atoms. The van der Waals surface area contributed by atoms with Gasteiger partial charge in [-0.3, -0.25) is 9.42 Å². The van der Waals surface area contributed by atoms with Gasteiger partial charge >= 0.3 is 17.0 Å². The van der Waals surface area contributed by atoms with E-state index in [1.54, 1.807) is 58.9 Å². The number of rotatable bonds is 11. The maximum Gasteiger partial charge on any atom is 0.336 e. The van der Waals surface area contributed by atoms with Crippen LogP contribution in [0.2, 0.25) is 0 Å². The van der Waals surface area contributed by atoms with Crippen LogP contribution in [0, 0.1) is 9.03 Å². The maximum atomic E-state index is 12.9. The number of esters is 2. The van der Waals surface area contributed by atoms with E-state index in [4.69, 9.17) is 21.7 Å². The lowest BCUT2D eigenvalue weighted by Gasteiger charge is -2.05. The highest BCUT2D eigenvalue weighted by Crippen LogP contribution is 2.30. The Labute approximate surface area is 264 Å². The van der Waals surface area contributed by atoms with E-state index in [1.165, 1.54) is 40.7 Å². The first-order valence-electron chi connectivity index (χ1n) is 13.0. The summed E-state index contributed by atoms with van der Waals surface area (Å²) < 4.78 is 41.8. The highest BCUT2D eigenvalue weighted by molar-refractivity contribution is 7.91. The van der Waals surface area contributed by atoms with Crippen LogP contribution in [0.5, 0.6) is 11.5 Å². The van der Waals surface area contributed by atoms with Gasteiger partial charge < -0.3 is 14.7 Å². The topological polar surface area (TPSA) is 140 Å². The van der Waals surface area contributed by atoms with Gasteiger partial charge in [0.1, 0.15) is 15.3 Å². The van der Waals surface area contributed by atoms with Crippen molar-refractivity contribution in [3.8, 4) is 21.9 Å². The van der Waals surface area contributed by atoms with E-state index in [-0.39, 0.29) is 40.5 Å². The molecule has 0 aliphatic rings. The molecule has 0 saturated carbocycles. The Bertz CT molecular complexity index is 1960. The fraction of sp³-hybridized carbons (Fsp3) is 0.100. The molecule has 0 radical (unpaired) electrons. The Balaban J connectivity index is 1.09. The summed E-state index contributed by atoms with van der Waals surface area (Å²) in [5, 5.41) is 15.0. The minimum absolute atomic E-state index is 0.00412. The van der Waals surface area contributed by atoms with E-state index in [2.05, 4.69) is 9.79 Å². The Kier molecular flexibility index (Phi) is 9.75. The molecule has 10 nitrogen and oxygen atoms in total. The Morgan fingerprint density at radius 3 is 2.32 bits per heavy atom. The zero-order chi connectivity index (χ0) is 31.1. The normalized spacial score (nSPS) is 11.5. The first-order valence-corrected chi connectivity index (χ1v) is 17.0. The first-order chi connectivity index (χ1) is 21.2. The summed E-state index contributed by atoms with van der Waals surface area (Å²) in [6.45, 7) is 0. The number of aryl methyl sites for hydroxylation is 1. The van der Waals surface area contributed by atoms with Gasteiger partial charge in [-0.2, -0.15) is 0 Å². The third kappa shape index (κ3) is 7.71. The Morgan fingerprint density at radius 1 is 0.955 bits per heavy atom. The number of carbonyl (C=O) groups is 2. The van der Waals surface area contributed by atoms with E-state index in [1.807, 2.05) is 18.2 Å². The van der Waals surface area contributed by atoms with Gasteiger partial charge in [0.05, 0.1) is 4.90 Å². The number of ether oxygens (including phenoxy) is 2. The molecule has 0 fully saturated rings. The molecule has 0 atom stereocenters. The zero-order valence-corrected chi connectivity index (χ0v) is 25.9. The second-order valence-corrected chi connectivity index (χ2v) is 13.9.